The highest BCUT2D eigenvalue weighted by Gasteiger charge is 2.42. The lowest BCUT2D eigenvalue weighted by atomic mass is 9.77. The zero-order valence-corrected chi connectivity index (χ0v) is 45.1. The molecule has 0 aliphatic rings. The highest BCUT2D eigenvalue weighted by molar-refractivity contribution is 5.99. The van der Waals surface area contributed by atoms with Crippen LogP contribution in [0, 0.1) is 0 Å². The third kappa shape index (κ3) is 16.1. The van der Waals surface area contributed by atoms with Crippen molar-refractivity contribution >= 4 is 47.4 Å². The summed E-state index contributed by atoms with van der Waals surface area (Å²) in [5, 5.41) is 24.2. The molecule has 0 radical (unpaired) electrons. The largest absolute Gasteiger partial charge is 0.480 e. The van der Waals surface area contributed by atoms with Gasteiger partial charge in [-0.15, -0.1) is 0 Å². The Morgan fingerprint density at radius 2 is 0.646 bits per heavy atom. The topological polar surface area (TPSA) is 261 Å². The van der Waals surface area contributed by atoms with Crippen LogP contribution in [0.4, 0.5) is 0 Å². The maximum Gasteiger partial charge on any atom is 0.326 e. The smallest absolute Gasteiger partial charge is 0.326 e. The number of nitrogens with two attached hydrogens (primary N) is 1. The van der Waals surface area contributed by atoms with E-state index in [1.807, 2.05) is 109 Å². The molecule has 0 aromatic heterocycles. The lowest BCUT2D eigenvalue weighted by Crippen LogP contribution is -2.59. The molecule has 8 N–H and O–H groups in total. The van der Waals surface area contributed by atoms with Gasteiger partial charge in [-0.25, -0.2) is 4.79 Å². The zero-order valence-electron chi connectivity index (χ0n) is 45.1. The molecule has 0 saturated heterocycles. The van der Waals surface area contributed by atoms with E-state index in [9.17, 15) is 43.5 Å². The minimum Gasteiger partial charge on any atom is -0.480 e. The van der Waals surface area contributed by atoms with Gasteiger partial charge in [0.15, 0.2) is 0 Å². The molecule has 412 valence electrons. The fraction of sp³-hybridized carbons (Fsp3) is 0.290. The number of hydrogen-bond donors (Lipinski definition) is 7. The zero-order chi connectivity index (χ0) is 57.4. The molecule has 0 aliphatic carbocycles. The Balaban J connectivity index is 1.38. The van der Waals surface area contributed by atoms with E-state index >= 15 is 0 Å². The first-order valence-electron chi connectivity index (χ1n) is 25.8. The predicted octanol–water partition coefficient (Wildman–Crippen LogP) is 6.31. The number of carbonyl (C=O) groups excluding carboxylic acids is 7. The van der Waals surface area contributed by atoms with Crippen LogP contribution < -0.4 is 32.3 Å². The first-order valence-corrected chi connectivity index (χ1v) is 25.8. The molecule has 79 heavy (non-hydrogen) atoms. The van der Waals surface area contributed by atoms with Gasteiger partial charge in [0, 0.05) is 0 Å². The summed E-state index contributed by atoms with van der Waals surface area (Å²) in [7, 11) is 0. The normalized spacial score (nSPS) is 13.2. The van der Waals surface area contributed by atoms with Gasteiger partial charge in [-0.05, 0) is 74.9 Å². The van der Waals surface area contributed by atoms with Crippen molar-refractivity contribution in [3.8, 4) is 0 Å². The third-order valence-electron chi connectivity index (χ3n) is 12.5. The Kier molecular flexibility index (Phi) is 19.8. The van der Waals surface area contributed by atoms with Gasteiger partial charge in [-0.2, -0.15) is 0 Å². The van der Waals surface area contributed by atoms with Crippen molar-refractivity contribution in [2.45, 2.75) is 114 Å². The summed E-state index contributed by atoms with van der Waals surface area (Å²) in [6.45, 7) is 9.61. The number of ether oxygens (including phenoxy) is 2. The van der Waals surface area contributed by atoms with E-state index in [0.29, 0.717) is 33.4 Å². The Hall–Kier alpha value is -8.96. The van der Waals surface area contributed by atoms with Crippen molar-refractivity contribution in [3.05, 3.63) is 215 Å². The van der Waals surface area contributed by atoms with Crippen LogP contribution in [0.2, 0.25) is 0 Å². The van der Waals surface area contributed by atoms with E-state index in [1.54, 1.807) is 114 Å². The first kappa shape index (κ1) is 59.3. The van der Waals surface area contributed by atoms with Crippen LogP contribution in [-0.4, -0.2) is 87.9 Å². The SMILES string of the molecule is CC(C)(C)OC(=O)C[C@@H](N)C(=O)N[C@H](CC(=O)OC(C)(C)C)C(=O)N[C@H](CC(=O)NC(c1ccccc1)(c1ccccc1)c1ccccc1)C(=O)N[C@H](CC(=O)NC(c1ccccc1)(c1ccccc1)c1ccccc1)C(=O)O. The molecule has 0 spiro atoms. The summed E-state index contributed by atoms with van der Waals surface area (Å²) in [5.41, 5.74) is 5.13. The van der Waals surface area contributed by atoms with Crippen LogP contribution in [0.25, 0.3) is 0 Å². The highest BCUT2D eigenvalue weighted by atomic mass is 16.6. The van der Waals surface area contributed by atoms with Crippen molar-refractivity contribution in [3.63, 3.8) is 0 Å². The van der Waals surface area contributed by atoms with E-state index in [4.69, 9.17) is 15.2 Å². The molecule has 17 nitrogen and oxygen atoms in total. The number of rotatable bonds is 23. The fourth-order valence-electron chi connectivity index (χ4n) is 9.10. The molecule has 6 rings (SSSR count). The summed E-state index contributed by atoms with van der Waals surface area (Å²) >= 11 is 0. The van der Waals surface area contributed by atoms with Gasteiger partial charge in [0.1, 0.15) is 40.4 Å². The molecule has 6 aromatic carbocycles. The lowest BCUT2D eigenvalue weighted by molar-refractivity contribution is -0.158. The van der Waals surface area contributed by atoms with Gasteiger partial charge in [0.05, 0.1) is 31.7 Å². The lowest BCUT2D eigenvalue weighted by Gasteiger charge is -2.37. The number of carboxylic acid groups (broad SMARTS) is 1. The summed E-state index contributed by atoms with van der Waals surface area (Å²) in [6, 6.07) is 47.0. The van der Waals surface area contributed by atoms with Gasteiger partial charge in [0.25, 0.3) is 0 Å². The molecule has 5 amide bonds. The molecule has 0 saturated carbocycles. The second kappa shape index (κ2) is 26.4. The number of nitrogens with one attached hydrogen (secondary N) is 5. The summed E-state index contributed by atoms with van der Waals surface area (Å²) < 4.78 is 10.8. The standard InChI is InChI=1S/C62H68N6O11/c1-59(2,3)78-53(71)37-47(63)55(73)64-49(40-54(72)79-60(4,5)6)57(75)65-48(38-51(69)67-61(41-25-13-7-14-26-41,42-27-15-8-16-28-42)43-29-17-9-18-30-43)56(74)66-50(58(76)77)39-52(70)68-62(44-31-19-10-20-32-44,45-33-21-11-22-34-45)46-35-23-12-24-36-46/h7-36,47-50H,37-40,63H2,1-6H3,(H,64,73)(H,65,75)(H,66,74)(H,67,69)(H,68,70)(H,76,77)/t47-,48-,49-,50-/m1/s1. The quantitative estimate of drug-likeness (QED) is 0.0275. The third-order valence-corrected chi connectivity index (χ3v) is 12.5. The van der Waals surface area contributed by atoms with Gasteiger partial charge in [-0.1, -0.05) is 182 Å². The molecule has 4 atom stereocenters. The molecule has 0 heterocycles. The number of aliphatic carboxylic acids is 1. The van der Waals surface area contributed by atoms with Crippen molar-refractivity contribution in [1.29, 1.82) is 0 Å². The van der Waals surface area contributed by atoms with Crippen molar-refractivity contribution in [1.82, 2.24) is 26.6 Å². The van der Waals surface area contributed by atoms with Crippen LogP contribution in [0.1, 0.15) is 101 Å². The van der Waals surface area contributed by atoms with E-state index in [2.05, 4.69) is 26.6 Å². The van der Waals surface area contributed by atoms with Crippen LogP contribution >= 0.6 is 0 Å². The maximum atomic E-state index is 15.0. The van der Waals surface area contributed by atoms with Gasteiger partial charge < -0.3 is 46.9 Å². The van der Waals surface area contributed by atoms with E-state index in [1.165, 1.54) is 0 Å². The number of hydrogen-bond acceptors (Lipinski definition) is 11. The van der Waals surface area contributed by atoms with Crippen LogP contribution in [0.5, 0.6) is 0 Å². The second-order valence-corrected chi connectivity index (χ2v) is 20.9. The minimum atomic E-state index is -1.96. The molecule has 0 unspecified atom stereocenters. The molecule has 0 bridgehead atoms. The number of carboxylic acids is 1. The summed E-state index contributed by atoms with van der Waals surface area (Å²) in [6.07, 6.45) is -3.14. The number of esters is 2. The molecular formula is C62H68N6O11. The molecular weight excluding hydrogens is 1000 g/mol. The van der Waals surface area contributed by atoms with Gasteiger partial charge in [0.2, 0.25) is 29.5 Å². The minimum absolute atomic E-state index is 0.614. The maximum absolute atomic E-state index is 15.0. The van der Waals surface area contributed by atoms with Gasteiger partial charge >= 0.3 is 17.9 Å². The van der Waals surface area contributed by atoms with E-state index in [0.717, 1.165) is 0 Å². The molecule has 0 fully saturated rings. The van der Waals surface area contributed by atoms with Crippen molar-refractivity contribution in [2.75, 3.05) is 0 Å². The summed E-state index contributed by atoms with van der Waals surface area (Å²) in [5.74, 6) is -8.51. The van der Waals surface area contributed by atoms with Crippen molar-refractivity contribution < 1.29 is 52.9 Å². The molecule has 0 aliphatic heterocycles. The van der Waals surface area contributed by atoms with Crippen molar-refractivity contribution in [2.24, 2.45) is 5.73 Å². The van der Waals surface area contributed by atoms with Crippen LogP contribution in [0.3, 0.4) is 0 Å². The number of benzene rings is 6. The first-order chi connectivity index (χ1) is 37.5. The molecule has 6 aromatic rings. The highest BCUT2D eigenvalue weighted by Crippen LogP contribution is 2.38. The Morgan fingerprint density at radius 3 is 0.937 bits per heavy atom. The average Bonchev–Trinajstić information content (AvgIpc) is 3.48. The number of amides is 5. The van der Waals surface area contributed by atoms with E-state index in [-0.39, 0.29) is 0 Å². The molecule has 17 heteroatoms. The Morgan fingerprint density at radius 1 is 0.392 bits per heavy atom. The Bertz CT molecular complexity index is 2850. The number of carbonyl (C=O) groups is 8. The summed E-state index contributed by atoms with van der Waals surface area (Å²) in [4.78, 5) is 112. The second-order valence-electron chi connectivity index (χ2n) is 20.9. The van der Waals surface area contributed by atoms with Crippen LogP contribution in [0.15, 0.2) is 182 Å². The van der Waals surface area contributed by atoms with Crippen LogP contribution in [-0.2, 0) is 58.9 Å². The fourth-order valence-corrected chi connectivity index (χ4v) is 9.10. The van der Waals surface area contributed by atoms with E-state index < -0.39 is 120 Å². The average molecular weight is 1070 g/mol. The predicted molar refractivity (Wildman–Crippen MR) is 296 cm³/mol. The monoisotopic (exact) mass is 1070 g/mol. The van der Waals surface area contributed by atoms with Gasteiger partial charge in [-0.3, -0.25) is 33.6 Å². The Labute approximate surface area is 460 Å².